The zero-order chi connectivity index (χ0) is 16.2. The van der Waals surface area contributed by atoms with Crippen LogP contribution < -0.4 is 5.32 Å². The Kier molecular flexibility index (Phi) is 5.35. The van der Waals surface area contributed by atoms with Gasteiger partial charge in [0.05, 0.1) is 5.56 Å². The highest BCUT2D eigenvalue weighted by atomic mass is 127. The van der Waals surface area contributed by atoms with E-state index in [0.29, 0.717) is 11.4 Å². The van der Waals surface area contributed by atoms with Gasteiger partial charge in [-0.2, -0.15) is 5.10 Å². The number of carbonyl (C=O) groups is 1. The first-order valence-electron chi connectivity index (χ1n) is 8.24. The molecule has 1 aromatic heterocycles. The summed E-state index contributed by atoms with van der Waals surface area (Å²) in [4.78, 5) is 12.4. The average molecular weight is 423 g/mol. The highest BCUT2D eigenvalue weighted by molar-refractivity contribution is 14.1. The molecule has 1 amide bonds. The molecular formula is C18H22IN3O. The molecule has 1 aromatic carbocycles. The predicted molar refractivity (Wildman–Crippen MR) is 101 cm³/mol. The first kappa shape index (κ1) is 16.5. The van der Waals surface area contributed by atoms with Crippen molar-refractivity contribution < 1.29 is 4.79 Å². The van der Waals surface area contributed by atoms with Crippen molar-refractivity contribution in [3.8, 4) is 0 Å². The number of hydrogen-bond acceptors (Lipinski definition) is 2. The molecule has 0 unspecified atom stereocenters. The molecule has 0 aliphatic heterocycles. The van der Waals surface area contributed by atoms with Crippen LogP contribution in [0.1, 0.15) is 53.7 Å². The van der Waals surface area contributed by atoms with E-state index in [2.05, 4.69) is 38.1 Å². The second-order valence-corrected chi connectivity index (χ2v) is 7.46. The van der Waals surface area contributed by atoms with Gasteiger partial charge < -0.3 is 5.32 Å². The van der Waals surface area contributed by atoms with Crippen LogP contribution in [-0.4, -0.2) is 16.1 Å². The molecule has 1 heterocycles. The van der Waals surface area contributed by atoms with Crippen molar-refractivity contribution in [3.63, 3.8) is 0 Å². The monoisotopic (exact) mass is 423 g/mol. The van der Waals surface area contributed by atoms with Crippen LogP contribution in [0.25, 0.3) is 0 Å². The molecule has 2 N–H and O–H groups in total. The van der Waals surface area contributed by atoms with Gasteiger partial charge in [0, 0.05) is 15.3 Å². The number of carbonyl (C=O) groups excluding carboxylic acids is 1. The fourth-order valence-corrected chi connectivity index (χ4v) is 3.84. The summed E-state index contributed by atoms with van der Waals surface area (Å²) in [6, 6.07) is 7.73. The molecule has 0 radical (unpaired) electrons. The molecule has 4 nitrogen and oxygen atoms in total. The van der Waals surface area contributed by atoms with E-state index in [-0.39, 0.29) is 5.91 Å². The number of nitrogens with zero attached hydrogens (tertiary/aromatic N) is 1. The highest BCUT2D eigenvalue weighted by Crippen LogP contribution is 2.27. The van der Waals surface area contributed by atoms with E-state index < -0.39 is 0 Å². The van der Waals surface area contributed by atoms with Crippen LogP contribution in [-0.2, 0) is 6.42 Å². The topological polar surface area (TPSA) is 57.8 Å². The van der Waals surface area contributed by atoms with Crippen molar-refractivity contribution in [2.75, 3.05) is 5.32 Å². The van der Waals surface area contributed by atoms with Gasteiger partial charge in [-0.3, -0.25) is 9.89 Å². The zero-order valence-electron chi connectivity index (χ0n) is 13.4. The maximum Gasteiger partial charge on any atom is 0.257 e. The van der Waals surface area contributed by atoms with Crippen molar-refractivity contribution in [1.29, 1.82) is 0 Å². The molecule has 23 heavy (non-hydrogen) atoms. The number of benzene rings is 1. The van der Waals surface area contributed by atoms with Crippen LogP contribution >= 0.6 is 22.6 Å². The Hall–Kier alpha value is -1.37. The number of rotatable bonds is 4. The second kappa shape index (κ2) is 7.47. The molecule has 0 atom stereocenters. The lowest BCUT2D eigenvalue weighted by Crippen LogP contribution is -2.14. The summed E-state index contributed by atoms with van der Waals surface area (Å²) in [6.07, 6.45) is 7.70. The van der Waals surface area contributed by atoms with Gasteiger partial charge in [-0.1, -0.05) is 44.2 Å². The number of halogens is 1. The van der Waals surface area contributed by atoms with Crippen LogP contribution in [0.4, 0.5) is 5.82 Å². The van der Waals surface area contributed by atoms with E-state index in [4.69, 9.17) is 0 Å². The Morgan fingerprint density at radius 1 is 1.35 bits per heavy atom. The Bertz CT molecular complexity index is 689. The molecule has 3 rings (SSSR count). The highest BCUT2D eigenvalue weighted by Gasteiger charge is 2.16. The first-order valence-corrected chi connectivity index (χ1v) is 9.32. The molecule has 0 bridgehead atoms. The van der Waals surface area contributed by atoms with Gasteiger partial charge in [0.25, 0.3) is 5.91 Å². The smallest absolute Gasteiger partial charge is 0.257 e. The number of aromatic amines is 1. The summed E-state index contributed by atoms with van der Waals surface area (Å²) in [5, 5.41) is 10.2. The molecule has 1 fully saturated rings. The summed E-state index contributed by atoms with van der Waals surface area (Å²) in [6.45, 7) is 2.01. The van der Waals surface area contributed by atoms with Crippen molar-refractivity contribution in [3.05, 3.63) is 44.7 Å². The van der Waals surface area contributed by atoms with Gasteiger partial charge in [-0.05, 0) is 53.5 Å². The summed E-state index contributed by atoms with van der Waals surface area (Å²) < 4.78 is 0.987. The summed E-state index contributed by atoms with van der Waals surface area (Å²) in [5.74, 6) is 1.26. The molecule has 0 saturated heterocycles. The Morgan fingerprint density at radius 2 is 2.13 bits per heavy atom. The molecule has 122 valence electrons. The van der Waals surface area contributed by atoms with Crippen LogP contribution in [0.15, 0.2) is 24.3 Å². The van der Waals surface area contributed by atoms with E-state index in [9.17, 15) is 4.79 Å². The maximum absolute atomic E-state index is 12.4. The van der Waals surface area contributed by atoms with Crippen LogP contribution in [0.5, 0.6) is 0 Å². The van der Waals surface area contributed by atoms with Crippen LogP contribution in [0.2, 0.25) is 0 Å². The SMILES string of the molecule is Cc1cccc(C(=O)Nc2cc(CC3CCCCC3)[nH]n2)c1I. The van der Waals surface area contributed by atoms with Gasteiger partial charge >= 0.3 is 0 Å². The lowest BCUT2D eigenvalue weighted by molar-refractivity contribution is 0.102. The van der Waals surface area contributed by atoms with Crippen LogP contribution in [0, 0.1) is 16.4 Å². The number of hydrogen-bond donors (Lipinski definition) is 2. The third kappa shape index (κ3) is 4.13. The van der Waals surface area contributed by atoms with Crippen molar-refractivity contribution in [2.24, 2.45) is 5.92 Å². The molecular weight excluding hydrogens is 401 g/mol. The maximum atomic E-state index is 12.4. The van der Waals surface area contributed by atoms with Gasteiger partial charge in [-0.25, -0.2) is 0 Å². The number of nitrogens with one attached hydrogen (secondary N) is 2. The first-order chi connectivity index (χ1) is 11.1. The Labute approximate surface area is 150 Å². The minimum atomic E-state index is -0.103. The molecule has 1 aliphatic carbocycles. The molecule has 1 saturated carbocycles. The fourth-order valence-electron chi connectivity index (χ4n) is 3.24. The third-order valence-corrected chi connectivity index (χ3v) is 5.97. The second-order valence-electron chi connectivity index (χ2n) is 6.38. The van der Waals surface area contributed by atoms with Gasteiger partial charge in [-0.15, -0.1) is 0 Å². The van der Waals surface area contributed by atoms with Crippen molar-refractivity contribution in [1.82, 2.24) is 10.2 Å². The van der Waals surface area contributed by atoms with Gasteiger partial charge in [0.1, 0.15) is 0 Å². The van der Waals surface area contributed by atoms with Gasteiger partial charge in [0.2, 0.25) is 0 Å². The minimum Gasteiger partial charge on any atom is -0.305 e. The molecule has 0 spiro atoms. The van der Waals surface area contributed by atoms with E-state index in [1.807, 2.05) is 31.2 Å². The van der Waals surface area contributed by atoms with E-state index in [1.165, 1.54) is 32.1 Å². The minimum absolute atomic E-state index is 0.103. The quantitative estimate of drug-likeness (QED) is 0.701. The number of H-pyrrole nitrogens is 1. The molecule has 2 aromatic rings. The van der Waals surface area contributed by atoms with Gasteiger partial charge in [0.15, 0.2) is 5.82 Å². The Balaban J connectivity index is 1.64. The van der Waals surface area contributed by atoms with Crippen molar-refractivity contribution >= 4 is 34.3 Å². The average Bonchev–Trinajstić information content (AvgIpc) is 2.98. The zero-order valence-corrected chi connectivity index (χ0v) is 15.5. The number of aromatic nitrogens is 2. The van der Waals surface area contributed by atoms with Crippen molar-refractivity contribution in [2.45, 2.75) is 45.4 Å². The lowest BCUT2D eigenvalue weighted by atomic mass is 9.86. The summed E-state index contributed by atoms with van der Waals surface area (Å²) in [7, 11) is 0. The molecule has 5 heteroatoms. The van der Waals surface area contributed by atoms with E-state index >= 15 is 0 Å². The predicted octanol–water partition coefficient (Wildman–Crippen LogP) is 4.70. The normalized spacial score (nSPS) is 15.6. The lowest BCUT2D eigenvalue weighted by Gasteiger charge is -2.20. The third-order valence-electron chi connectivity index (χ3n) is 4.54. The summed E-state index contributed by atoms with van der Waals surface area (Å²) in [5.41, 5.74) is 2.92. The summed E-state index contributed by atoms with van der Waals surface area (Å²) >= 11 is 2.22. The number of anilines is 1. The number of aryl methyl sites for hydroxylation is 1. The largest absolute Gasteiger partial charge is 0.305 e. The van der Waals surface area contributed by atoms with E-state index in [1.54, 1.807) is 0 Å². The standard InChI is InChI=1S/C18H22IN3O/c1-12-6-5-9-15(17(12)19)18(23)20-16-11-14(21-22-16)10-13-7-3-2-4-8-13/h5-6,9,11,13H,2-4,7-8,10H2,1H3,(H2,20,21,22,23). The number of amides is 1. The Morgan fingerprint density at radius 3 is 2.91 bits per heavy atom. The van der Waals surface area contributed by atoms with E-state index in [0.717, 1.165) is 27.2 Å². The van der Waals surface area contributed by atoms with Crippen LogP contribution in [0.3, 0.4) is 0 Å². The molecule has 1 aliphatic rings. The fraction of sp³-hybridized carbons (Fsp3) is 0.444.